The van der Waals surface area contributed by atoms with E-state index < -0.39 is 0 Å². The molecule has 0 saturated carbocycles. The number of benzene rings is 7. The van der Waals surface area contributed by atoms with Crippen molar-refractivity contribution in [3.63, 3.8) is 0 Å². The van der Waals surface area contributed by atoms with Crippen molar-refractivity contribution < 1.29 is 0 Å². The molecule has 0 amide bonds. The van der Waals surface area contributed by atoms with E-state index in [1.165, 1.54) is 77.4 Å². The third kappa shape index (κ3) is 7.36. The van der Waals surface area contributed by atoms with Crippen LogP contribution in [0.2, 0.25) is 0 Å². The maximum absolute atomic E-state index is 6.56. The molecule has 11 rings (SSSR count). The van der Waals surface area contributed by atoms with Crippen molar-refractivity contribution in [2.75, 3.05) is 0 Å². The molecule has 0 radical (unpaired) electrons. The van der Waals surface area contributed by atoms with E-state index in [1.807, 2.05) is 18.2 Å². The topological polar surface area (TPSA) is 66.8 Å². The number of nitrogens with two attached hydrogens (primary N) is 2. The molecule has 3 heterocycles. The SMILES string of the molecule is C/C=C\c1c(C)c2ccccc2n1-c1cc(C/C=C(\N)c2ccccc2)cc(-n2c3ccccc3c3ccccc32)c1.NCc1ccc(-n2c3c(c4ccccc42)C=CC=CC3)cc1. The first-order valence-electron chi connectivity index (χ1n) is 22.1. The highest BCUT2D eigenvalue weighted by molar-refractivity contribution is 6.09. The number of nitrogens with zero attached hydrogens (tertiary/aromatic N) is 3. The van der Waals surface area contributed by atoms with Crippen LogP contribution < -0.4 is 11.5 Å². The Morgan fingerprint density at radius 3 is 1.77 bits per heavy atom. The van der Waals surface area contributed by atoms with Crippen molar-refractivity contribution in [3.8, 4) is 17.1 Å². The van der Waals surface area contributed by atoms with E-state index in [4.69, 9.17) is 11.5 Å². The normalized spacial score (nSPS) is 12.6. The van der Waals surface area contributed by atoms with Gasteiger partial charge in [-0.15, -0.1) is 0 Å². The van der Waals surface area contributed by atoms with E-state index in [1.54, 1.807) is 0 Å². The molecule has 0 unspecified atom stereocenters. The van der Waals surface area contributed by atoms with Crippen molar-refractivity contribution in [1.29, 1.82) is 0 Å². The highest BCUT2D eigenvalue weighted by atomic mass is 15.0. The minimum absolute atomic E-state index is 0.580. The summed E-state index contributed by atoms with van der Waals surface area (Å²) in [7, 11) is 0. The van der Waals surface area contributed by atoms with Crippen molar-refractivity contribution in [1.82, 2.24) is 13.7 Å². The number of para-hydroxylation sites is 4. The van der Waals surface area contributed by atoms with Crippen molar-refractivity contribution in [3.05, 3.63) is 239 Å². The second-order valence-corrected chi connectivity index (χ2v) is 16.4. The molecular weight excluding hydrogens is 779 g/mol. The van der Waals surface area contributed by atoms with Crippen LogP contribution in [0.25, 0.3) is 78.5 Å². The summed E-state index contributed by atoms with van der Waals surface area (Å²) in [6, 6.07) is 60.3. The molecular formula is C59H51N5. The van der Waals surface area contributed by atoms with Gasteiger partial charge in [0.15, 0.2) is 0 Å². The Labute approximate surface area is 374 Å². The summed E-state index contributed by atoms with van der Waals surface area (Å²) in [5, 5.41) is 5.08. The average molecular weight is 830 g/mol. The third-order valence-corrected chi connectivity index (χ3v) is 12.5. The molecule has 1 aliphatic carbocycles. The summed E-state index contributed by atoms with van der Waals surface area (Å²) >= 11 is 0. The zero-order valence-corrected chi connectivity index (χ0v) is 36.3. The van der Waals surface area contributed by atoms with Gasteiger partial charge >= 0.3 is 0 Å². The van der Waals surface area contributed by atoms with Gasteiger partial charge in [-0.1, -0.05) is 152 Å². The molecule has 0 atom stereocenters. The van der Waals surface area contributed by atoms with Crippen LogP contribution >= 0.6 is 0 Å². The van der Waals surface area contributed by atoms with E-state index >= 15 is 0 Å². The number of hydrogen-bond donors (Lipinski definition) is 2. The maximum Gasteiger partial charge on any atom is 0.0541 e. The average Bonchev–Trinajstić information content (AvgIpc) is 3.87. The number of hydrogen-bond acceptors (Lipinski definition) is 2. The predicted octanol–water partition coefficient (Wildman–Crippen LogP) is 13.8. The van der Waals surface area contributed by atoms with Crippen LogP contribution in [-0.4, -0.2) is 13.7 Å². The second kappa shape index (κ2) is 17.5. The first kappa shape index (κ1) is 40.2. The van der Waals surface area contributed by atoms with Gasteiger partial charge in [-0.05, 0) is 103 Å². The number of allylic oxidation sites excluding steroid dienone is 5. The van der Waals surface area contributed by atoms with Crippen LogP contribution in [0.1, 0.15) is 46.1 Å². The maximum atomic E-state index is 6.56. The predicted molar refractivity (Wildman–Crippen MR) is 272 cm³/mol. The van der Waals surface area contributed by atoms with Gasteiger partial charge < -0.3 is 25.2 Å². The summed E-state index contributed by atoms with van der Waals surface area (Å²) in [5.74, 6) is 0. The van der Waals surface area contributed by atoms with E-state index in [2.05, 4.69) is 222 Å². The minimum atomic E-state index is 0.580. The molecule has 0 aliphatic heterocycles. The smallest absolute Gasteiger partial charge is 0.0541 e. The molecule has 3 aromatic heterocycles. The van der Waals surface area contributed by atoms with E-state index in [0.717, 1.165) is 41.0 Å². The lowest BCUT2D eigenvalue weighted by molar-refractivity contribution is 0.995. The van der Waals surface area contributed by atoms with E-state index in [0.29, 0.717) is 6.54 Å². The van der Waals surface area contributed by atoms with Gasteiger partial charge in [0.1, 0.15) is 0 Å². The summed E-state index contributed by atoms with van der Waals surface area (Å²) in [6.45, 7) is 4.88. The number of aryl methyl sites for hydroxylation is 1. The lowest BCUT2D eigenvalue weighted by Gasteiger charge is -2.16. The summed E-state index contributed by atoms with van der Waals surface area (Å²) in [5.41, 5.74) is 29.9. The monoisotopic (exact) mass is 829 g/mol. The van der Waals surface area contributed by atoms with Gasteiger partial charge in [0.2, 0.25) is 0 Å². The molecule has 5 heteroatoms. The Hall–Kier alpha value is -7.86. The second-order valence-electron chi connectivity index (χ2n) is 16.4. The van der Waals surface area contributed by atoms with Crippen LogP contribution in [-0.2, 0) is 19.4 Å². The van der Waals surface area contributed by atoms with Gasteiger partial charge in [-0.3, -0.25) is 0 Å². The van der Waals surface area contributed by atoms with Crippen LogP contribution in [0, 0.1) is 6.92 Å². The van der Waals surface area contributed by atoms with Crippen molar-refractivity contribution >= 4 is 61.5 Å². The van der Waals surface area contributed by atoms with Crippen LogP contribution in [0.15, 0.2) is 200 Å². The molecule has 10 aromatic rings. The van der Waals surface area contributed by atoms with E-state index in [-0.39, 0.29) is 0 Å². The van der Waals surface area contributed by atoms with Crippen LogP contribution in [0.4, 0.5) is 0 Å². The fourth-order valence-corrected chi connectivity index (χ4v) is 9.46. The quantitative estimate of drug-likeness (QED) is 0.160. The molecule has 0 spiro atoms. The van der Waals surface area contributed by atoms with Crippen molar-refractivity contribution in [2.45, 2.75) is 33.2 Å². The zero-order chi connectivity index (χ0) is 43.6. The van der Waals surface area contributed by atoms with Gasteiger partial charge in [-0.2, -0.15) is 0 Å². The summed E-state index contributed by atoms with van der Waals surface area (Å²) in [4.78, 5) is 0. The fraction of sp³-hybridized carbons (Fsp3) is 0.0847. The Morgan fingerprint density at radius 2 is 1.12 bits per heavy atom. The van der Waals surface area contributed by atoms with Crippen molar-refractivity contribution in [2.24, 2.45) is 11.5 Å². The first-order valence-corrected chi connectivity index (χ1v) is 22.1. The molecule has 4 N–H and O–H groups in total. The molecule has 0 saturated heterocycles. The fourth-order valence-electron chi connectivity index (χ4n) is 9.46. The Morgan fingerprint density at radius 1 is 0.562 bits per heavy atom. The standard InChI is InChI=1S/C39H33N3.C20H18N2/c1-3-13-36-27(2)32-16-7-10-19-37(32)41(36)30-24-28(22-23-35(40)29-14-5-4-6-15-29)25-31(26-30)42-38-20-11-8-17-33(38)34-18-9-12-21-39(34)42;21-14-15-10-12-16(13-11-15)22-19-8-3-1-2-6-17(19)18-7-4-5-9-20(18)22/h3-21,23-26H,22,40H2,1-2H3;1-7,9-13H,8,14,21H2/b13-3-,35-23-;. The van der Waals surface area contributed by atoms with Gasteiger partial charge in [0.25, 0.3) is 0 Å². The molecule has 5 nitrogen and oxygen atoms in total. The molecule has 312 valence electrons. The minimum Gasteiger partial charge on any atom is -0.398 e. The number of rotatable bonds is 8. The number of fused-ring (bicyclic) bond motifs is 7. The summed E-state index contributed by atoms with van der Waals surface area (Å²) < 4.78 is 7.16. The van der Waals surface area contributed by atoms with Crippen LogP contribution in [0.3, 0.4) is 0 Å². The summed E-state index contributed by atoms with van der Waals surface area (Å²) in [6.07, 6.45) is 16.8. The highest BCUT2D eigenvalue weighted by Gasteiger charge is 2.19. The molecule has 0 bridgehead atoms. The molecule has 1 aliphatic rings. The van der Waals surface area contributed by atoms with E-state index in [9.17, 15) is 0 Å². The first-order chi connectivity index (χ1) is 31.5. The third-order valence-electron chi connectivity index (χ3n) is 12.5. The van der Waals surface area contributed by atoms with Crippen LogP contribution in [0.5, 0.6) is 0 Å². The molecule has 0 fully saturated rings. The largest absolute Gasteiger partial charge is 0.398 e. The number of aromatic nitrogens is 3. The Bertz CT molecular complexity index is 3390. The Kier molecular flexibility index (Phi) is 11.0. The molecule has 7 aromatic carbocycles. The highest BCUT2D eigenvalue weighted by Crippen LogP contribution is 2.36. The lowest BCUT2D eigenvalue weighted by Crippen LogP contribution is -2.03. The molecule has 64 heavy (non-hydrogen) atoms. The van der Waals surface area contributed by atoms with Gasteiger partial charge in [0, 0.05) is 74.2 Å². The zero-order valence-electron chi connectivity index (χ0n) is 36.3. The van der Waals surface area contributed by atoms with Gasteiger partial charge in [0.05, 0.1) is 22.1 Å². The van der Waals surface area contributed by atoms with Gasteiger partial charge in [-0.25, -0.2) is 0 Å². The lowest BCUT2D eigenvalue weighted by atomic mass is 10.1. The Balaban J connectivity index is 0.000000184.